The molecule has 1 aromatic rings. The highest BCUT2D eigenvalue weighted by atomic mass is 35.5. The van der Waals surface area contributed by atoms with Gasteiger partial charge in [0.25, 0.3) is 5.69 Å². The Bertz CT molecular complexity index is 537. The summed E-state index contributed by atoms with van der Waals surface area (Å²) in [6.07, 6.45) is 0. The van der Waals surface area contributed by atoms with E-state index in [0.717, 1.165) is 12.1 Å². The molecule has 0 saturated heterocycles. The van der Waals surface area contributed by atoms with Crippen molar-refractivity contribution in [1.29, 1.82) is 0 Å². The number of rotatable bonds is 5. The Labute approximate surface area is 120 Å². The van der Waals surface area contributed by atoms with Crippen molar-refractivity contribution in [2.75, 3.05) is 5.32 Å². The van der Waals surface area contributed by atoms with E-state index >= 15 is 0 Å². The van der Waals surface area contributed by atoms with Crippen LogP contribution in [0.3, 0.4) is 0 Å². The molecule has 110 valence electrons. The average Bonchev–Trinajstić information content (AvgIpc) is 2.32. The van der Waals surface area contributed by atoms with E-state index in [1.807, 2.05) is 0 Å². The second-order valence-electron chi connectivity index (χ2n) is 4.57. The third-order valence-corrected chi connectivity index (χ3v) is 2.72. The van der Waals surface area contributed by atoms with Crippen molar-refractivity contribution in [3.63, 3.8) is 0 Å². The third kappa shape index (κ3) is 4.06. The molecule has 0 aliphatic carbocycles. The van der Waals surface area contributed by atoms with Gasteiger partial charge >= 0.3 is 0 Å². The Morgan fingerprint density at radius 1 is 1.40 bits per heavy atom. The summed E-state index contributed by atoms with van der Waals surface area (Å²) >= 11 is 5.60. The Balaban J connectivity index is 2.99. The van der Waals surface area contributed by atoms with Crippen LogP contribution in [0.2, 0.25) is 5.02 Å². The van der Waals surface area contributed by atoms with Crippen molar-refractivity contribution >= 4 is 28.9 Å². The molecule has 1 rings (SSSR count). The van der Waals surface area contributed by atoms with E-state index in [2.05, 4.69) is 10.6 Å². The van der Waals surface area contributed by atoms with Crippen LogP contribution in [0.1, 0.15) is 20.8 Å². The summed E-state index contributed by atoms with van der Waals surface area (Å²) in [6.45, 7) is 5.13. The first-order chi connectivity index (χ1) is 9.22. The molecule has 0 aliphatic heterocycles. The van der Waals surface area contributed by atoms with Gasteiger partial charge in [-0.2, -0.15) is 0 Å². The standard InChI is InChI=1S/C12H15ClFN3O3/c1-6(2)15-12(18)7(3)16-10-4-8(13)9(14)5-11(10)17(19)20/h4-7,16H,1-3H3,(H,15,18). The number of carbonyl (C=O) groups is 1. The van der Waals surface area contributed by atoms with Crippen LogP contribution in [0.5, 0.6) is 0 Å². The van der Waals surface area contributed by atoms with Gasteiger partial charge in [-0.05, 0) is 26.8 Å². The first-order valence-electron chi connectivity index (χ1n) is 5.92. The van der Waals surface area contributed by atoms with Crippen LogP contribution >= 0.6 is 11.6 Å². The molecule has 0 heterocycles. The molecular weight excluding hydrogens is 289 g/mol. The van der Waals surface area contributed by atoms with Gasteiger partial charge in [0.2, 0.25) is 5.91 Å². The van der Waals surface area contributed by atoms with Crippen molar-refractivity contribution < 1.29 is 14.1 Å². The molecule has 0 aliphatic rings. The van der Waals surface area contributed by atoms with Gasteiger partial charge < -0.3 is 10.6 Å². The van der Waals surface area contributed by atoms with Crippen LogP contribution in [0.4, 0.5) is 15.8 Å². The number of nitrogens with zero attached hydrogens (tertiary/aromatic N) is 1. The maximum absolute atomic E-state index is 13.2. The van der Waals surface area contributed by atoms with Gasteiger partial charge in [0.15, 0.2) is 0 Å². The Hall–Kier alpha value is -1.89. The lowest BCUT2D eigenvalue weighted by Crippen LogP contribution is -2.41. The molecule has 0 spiro atoms. The Morgan fingerprint density at radius 2 is 2.00 bits per heavy atom. The topological polar surface area (TPSA) is 84.3 Å². The number of halogens is 2. The molecule has 0 radical (unpaired) electrons. The van der Waals surface area contributed by atoms with Gasteiger partial charge in [-0.15, -0.1) is 0 Å². The van der Waals surface area contributed by atoms with Crippen molar-refractivity contribution in [2.24, 2.45) is 0 Å². The lowest BCUT2D eigenvalue weighted by molar-refractivity contribution is -0.384. The molecule has 0 fully saturated rings. The zero-order valence-electron chi connectivity index (χ0n) is 11.2. The van der Waals surface area contributed by atoms with Gasteiger partial charge in [-0.3, -0.25) is 14.9 Å². The predicted molar refractivity (Wildman–Crippen MR) is 74.4 cm³/mol. The van der Waals surface area contributed by atoms with E-state index in [9.17, 15) is 19.3 Å². The molecule has 1 amide bonds. The van der Waals surface area contributed by atoms with E-state index in [-0.39, 0.29) is 22.7 Å². The molecule has 1 atom stereocenters. The first-order valence-corrected chi connectivity index (χ1v) is 6.30. The first kappa shape index (κ1) is 16.2. The van der Waals surface area contributed by atoms with E-state index in [1.165, 1.54) is 0 Å². The highest BCUT2D eigenvalue weighted by molar-refractivity contribution is 6.31. The van der Waals surface area contributed by atoms with Crippen LogP contribution in [-0.2, 0) is 4.79 Å². The van der Waals surface area contributed by atoms with Crippen LogP contribution in [0.25, 0.3) is 0 Å². The van der Waals surface area contributed by atoms with Crippen molar-refractivity contribution in [1.82, 2.24) is 5.32 Å². The monoisotopic (exact) mass is 303 g/mol. The van der Waals surface area contributed by atoms with Gasteiger partial charge in [-0.1, -0.05) is 11.6 Å². The normalized spacial score (nSPS) is 12.1. The molecule has 1 unspecified atom stereocenters. The predicted octanol–water partition coefficient (Wildman–Crippen LogP) is 2.71. The van der Waals surface area contributed by atoms with Crippen LogP contribution < -0.4 is 10.6 Å². The summed E-state index contributed by atoms with van der Waals surface area (Å²) in [7, 11) is 0. The van der Waals surface area contributed by atoms with Gasteiger partial charge in [0, 0.05) is 6.04 Å². The second kappa shape index (κ2) is 6.51. The number of benzene rings is 1. The number of nitro groups is 1. The minimum Gasteiger partial charge on any atom is -0.368 e. The number of anilines is 1. The van der Waals surface area contributed by atoms with E-state index in [0.29, 0.717) is 0 Å². The highest BCUT2D eigenvalue weighted by Gasteiger charge is 2.21. The molecule has 0 saturated carbocycles. The maximum atomic E-state index is 13.2. The fraction of sp³-hybridized carbons (Fsp3) is 0.417. The highest BCUT2D eigenvalue weighted by Crippen LogP contribution is 2.30. The van der Waals surface area contributed by atoms with E-state index in [1.54, 1.807) is 20.8 Å². The van der Waals surface area contributed by atoms with Gasteiger partial charge in [0.05, 0.1) is 16.0 Å². The van der Waals surface area contributed by atoms with Crippen molar-refractivity contribution in [2.45, 2.75) is 32.9 Å². The SMILES string of the molecule is CC(C)NC(=O)C(C)Nc1cc(Cl)c(F)cc1[N+](=O)[O-]. The zero-order chi connectivity index (χ0) is 15.4. The molecular formula is C12H15ClFN3O3. The lowest BCUT2D eigenvalue weighted by Gasteiger charge is -2.17. The zero-order valence-corrected chi connectivity index (χ0v) is 12.0. The molecule has 6 nitrogen and oxygen atoms in total. The molecule has 0 aromatic heterocycles. The summed E-state index contributed by atoms with van der Waals surface area (Å²) in [5.74, 6) is -1.21. The third-order valence-electron chi connectivity index (χ3n) is 2.43. The number of hydrogen-bond donors (Lipinski definition) is 2. The summed E-state index contributed by atoms with van der Waals surface area (Å²) in [5.41, 5.74) is -0.482. The number of nitrogens with one attached hydrogen (secondary N) is 2. The maximum Gasteiger partial charge on any atom is 0.295 e. The number of hydrogen-bond acceptors (Lipinski definition) is 4. The summed E-state index contributed by atoms with van der Waals surface area (Å²) < 4.78 is 13.2. The summed E-state index contributed by atoms with van der Waals surface area (Å²) in [6, 6.07) is 1.03. The molecule has 2 N–H and O–H groups in total. The number of amides is 1. The minimum atomic E-state index is -0.886. The fourth-order valence-electron chi connectivity index (χ4n) is 1.51. The van der Waals surface area contributed by atoms with Crippen LogP contribution in [0, 0.1) is 15.9 Å². The molecule has 1 aromatic carbocycles. The van der Waals surface area contributed by atoms with Crippen LogP contribution in [-0.4, -0.2) is 22.9 Å². The fourth-order valence-corrected chi connectivity index (χ4v) is 1.67. The smallest absolute Gasteiger partial charge is 0.295 e. The van der Waals surface area contributed by atoms with Crippen molar-refractivity contribution in [3.8, 4) is 0 Å². The van der Waals surface area contributed by atoms with Crippen molar-refractivity contribution in [3.05, 3.63) is 33.1 Å². The van der Waals surface area contributed by atoms with E-state index < -0.39 is 22.5 Å². The molecule has 0 bridgehead atoms. The molecule has 8 heteroatoms. The summed E-state index contributed by atoms with van der Waals surface area (Å²) in [5, 5.41) is 15.9. The second-order valence-corrected chi connectivity index (χ2v) is 4.98. The number of carbonyl (C=O) groups excluding carboxylic acids is 1. The summed E-state index contributed by atoms with van der Waals surface area (Å²) in [4.78, 5) is 21.9. The Kier molecular flexibility index (Phi) is 5.26. The quantitative estimate of drug-likeness (QED) is 0.647. The minimum absolute atomic E-state index is 0.00666. The van der Waals surface area contributed by atoms with Gasteiger partial charge in [-0.25, -0.2) is 4.39 Å². The van der Waals surface area contributed by atoms with E-state index in [4.69, 9.17) is 11.6 Å². The van der Waals surface area contributed by atoms with Crippen LogP contribution in [0.15, 0.2) is 12.1 Å². The lowest BCUT2D eigenvalue weighted by atomic mass is 10.2. The Morgan fingerprint density at radius 3 is 2.50 bits per heavy atom. The largest absolute Gasteiger partial charge is 0.368 e. The molecule has 20 heavy (non-hydrogen) atoms. The number of nitro benzene ring substituents is 1. The average molecular weight is 304 g/mol. The van der Waals surface area contributed by atoms with Gasteiger partial charge in [0.1, 0.15) is 17.5 Å².